The Morgan fingerprint density at radius 2 is 1.66 bits per heavy atom. The Morgan fingerprint density at radius 3 is 2.18 bits per heavy atom. The van der Waals surface area contributed by atoms with Crippen molar-refractivity contribution in [1.82, 2.24) is 0 Å². The van der Waals surface area contributed by atoms with Crippen LogP contribution in [0.3, 0.4) is 0 Å². The summed E-state index contributed by atoms with van der Waals surface area (Å²) in [5.74, 6) is -1.98. The Kier molecular flexibility index (Phi) is 7.62. The van der Waals surface area contributed by atoms with E-state index < -0.39 is 35.1 Å². The molecule has 0 aliphatic heterocycles. The molecule has 10 heteroatoms. The molecule has 0 fully saturated rings. The number of amides is 1. The fraction of sp³-hybridized carbons (Fsp3) is 0.179. The van der Waals surface area contributed by atoms with E-state index >= 15 is 0 Å². The van der Waals surface area contributed by atoms with Gasteiger partial charge in [-0.15, -0.1) is 0 Å². The van der Waals surface area contributed by atoms with Crippen molar-refractivity contribution in [3.05, 3.63) is 83.6 Å². The summed E-state index contributed by atoms with van der Waals surface area (Å²) in [6.07, 6.45) is 0. The van der Waals surface area contributed by atoms with E-state index in [0.29, 0.717) is 27.8 Å². The molecule has 0 bridgehead atoms. The number of carbonyl (C=O) groups is 2. The first-order valence-electron chi connectivity index (χ1n) is 11.7. The zero-order valence-corrected chi connectivity index (χ0v) is 21.6. The molecule has 4 aromatic rings. The van der Waals surface area contributed by atoms with E-state index in [2.05, 4.69) is 11.4 Å². The number of nitrogens with one attached hydrogen (secondary N) is 1. The van der Waals surface area contributed by atoms with Crippen LogP contribution < -0.4 is 9.62 Å². The van der Waals surface area contributed by atoms with E-state index in [1.54, 1.807) is 87.5 Å². The number of anilines is 2. The number of aliphatic carboxylic acids is 1. The van der Waals surface area contributed by atoms with E-state index in [0.717, 1.165) is 15.4 Å². The highest BCUT2D eigenvalue weighted by atomic mass is 32.2. The molecular weight excluding hydrogens is 506 g/mol. The first-order chi connectivity index (χ1) is 18.1. The van der Waals surface area contributed by atoms with Crippen LogP contribution in [0.1, 0.15) is 35.5 Å². The largest absolute Gasteiger partial charge is 0.755 e. The normalized spacial score (nSPS) is 12.6. The topological polar surface area (TPSA) is 147 Å². The molecular formula is C28H24N3O6S-. The molecule has 4 rings (SSSR count). The molecule has 194 valence electrons. The molecule has 2 atom stereocenters. The lowest BCUT2D eigenvalue weighted by molar-refractivity contribution is -0.139. The van der Waals surface area contributed by atoms with Gasteiger partial charge in [-0.25, -0.2) is 4.79 Å². The third-order valence-electron chi connectivity index (χ3n) is 6.18. The summed E-state index contributed by atoms with van der Waals surface area (Å²) in [7, 11) is 0. The highest BCUT2D eigenvalue weighted by Crippen LogP contribution is 2.30. The van der Waals surface area contributed by atoms with Crippen molar-refractivity contribution in [2.45, 2.75) is 26.8 Å². The number of benzene rings is 3. The smallest absolute Gasteiger partial charge is 0.327 e. The number of furan rings is 1. The van der Waals surface area contributed by atoms with Gasteiger partial charge in [0.15, 0.2) is 5.76 Å². The lowest BCUT2D eigenvalue weighted by atomic mass is 10.0. The van der Waals surface area contributed by atoms with Crippen LogP contribution in [0.15, 0.2) is 71.1 Å². The fourth-order valence-corrected chi connectivity index (χ4v) is 5.16. The lowest BCUT2D eigenvalue weighted by Gasteiger charge is -2.34. The van der Waals surface area contributed by atoms with Crippen LogP contribution in [0.25, 0.3) is 22.1 Å². The number of carboxylic acids is 1. The van der Waals surface area contributed by atoms with E-state index in [4.69, 9.17) is 4.42 Å². The Bertz CT molecular complexity index is 1570. The molecule has 38 heavy (non-hydrogen) atoms. The van der Waals surface area contributed by atoms with Crippen LogP contribution in [-0.4, -0.2) is 31.8 Å². The van der Waals surface area contributed by atoms with Gasteiger partial charge in [-0.2, -0.15) is 5.26 Å². The Labute approximate surface area is 221 Å². The quantitative estimate of drug-likeness (QED) is 0.296. The van der Waals surface area contributed by atoms with Crippen LogP contribution in [-0.2, 0) is 16.1 Å². The number of nitrogens with zero attached hydrogens (tertiary/aromatic N) is 2. The van der Waals surface area contributed by atoms with Crippen LogP contribution in [0.2, 0.25) is 0 Å². The van der Waals surface area contributed by atoms with Crippen molar-refractivity contribution in [2.24, 2.45) is 5.92 Å². The van der Waals surface area contributed by atoms with Crippen LogP contribution in [0.5, 0.6) is 0 Å². The summed E-state index contributed by atoms with van der Waals surface area (Å²) >= 11 is -2.77. The summed E-state index contributed by atoms with van der Waals surface area (Å²) in [5.41, 5.74) is 3.84. The zero-order valence-electron chi connectivity index (χ0n) is 20.8. The minimum Gasteiger partial charge on any atom is -0.755 e. The molecule has 9 nitrogen and oxygen atoms in total. The van der Waals surface area contributed by atoms with E-state index in [9.17, 15) is 28.7 Å². The minimum absolute atomic E-state index is 0.128. The number of aryl methyl sites for hydroxylation is 1. The predicted octanol–water partition coefficient (Wildman–Crippen LogP) is 5.24. The van der Waals surface area contributed by atoms with Crippen molar-refractivity contribution in [2.75, 3.05) is 9.62 Å². The van der Waals surface area contributed by atoms with Gasteiger partial charge in [0.25, 0.3) is 5.91 Å². The Morgan fingerprint density at radius 1 is 1.05 bits per heavy atom. The van der Waals surface area contributed by atoms with Gasteiger partial charge < -0.3 is 19.4 Å². The molecule has 1 amide bonds. The van der Waals surface area contributed by atoms with Crippen LogP contribution in [0, 0.1) is 24.2 Å². The van der Waals surface area contributed by atoms with Gasteiger partial charge in [0, 0.05) is 33.6 Å². The third-order valence-corrected chi connectivity index (χ3v) is 6.94. The summed E-state index contributed by atoms with van der Waals surface area (Å²) in [5, 5.41) is 22.3. The van der Waals surface area contributed by atoms with Gasteiger partial charge in [-0.3, -0.25) is 13.3 Å². The SMILES string of the molecule is Cc1c(C(=O)Nc2ccc(-c3ccc(N(C(C(=O)O)C(C)C)S(=O)[O-])cc3)cc2)oc2cccc(C#N)c12. The van der Waals surface area contributed by atoms with Crippen molar-refractivity contribution < 1.29 is 27.9 Å². The molecule has 0 aliphatic rings. The monoisotopic (exact) mass is 530 g/mol. The second kappa shape index (κ2) is 10.9. The van der Waals surface area contributed by atoms with E-state index in [-0.39, 0.29) is 11.4 Å². The maximum absolute atomic E-state index is 12.9. The third kappa shape index (κ3) is 5.16. The molecule has 1 aromatic heterocycles. The molecule has 0 aliphatic carbocycles. The number of nitriles is 1. The first-order valence-corrected chi connectivity index (χ1v) is 12.7. The fourth-order valence-electron chi connectivity index (χ4n) is 4.34. The van der Waals surface area contributed by atoms with Gasteiger partial charge >= 0.3 is 5.97 Å². The van der Waals surface area contributed by atoms with Crippen LogP contribution in [0.4, 0.5) is 11.4 Å². The highest BCUT2D eigenvalue weighted by molar-refractivity contribution is 7.80. The zero-order chi connectivity index (χ0) is 27.6. The molecule has 2 N–H and O–H groups in total. The molecule has 3 aromatic carbocycles. The van der Waals surface area contributed by atoms with E-state index in [1.807, 2.05) is 0 Å². The molecule has 2 unspecified atom stereocenters. The molecule has 0 radical (unpaired) electrons. The number of rotatable bonds is 8. The van der Waals surface area contributed by atoms with E-state index in [1.165, 1.54) is 0 Å². The second-order valence-corrected chi connectivity index (χ2v) is 9.82. The van der Waals surface area contributed by atoms with Gasteiger partial charge in [0.2, 0.25) is 0 Å². The van der Waals surface area contributed by atoms with Crippen molar-refractivity contribution in [3.63, 3.8) is 0 Å². The molecule has 0 spiro atoms. The standard InChI is InChI=1S/C28H25N3O6S/c1-16(2)25(28(33)34)31(38(35)36)22-13-9-19(10-14-22)18-7-11-21(12-8-18)30-27(32)26-17(3)24-20(15-29)5-4-6-23(24)37-26/h4-14,16,25H,1-3H3,(H,30,32)(H,33,34)(H,35,36)/p-1. The van der Waals surface area contributed by atoms with Gasteiger partial charge in [-0.1, -0.05) is 44.2 Å². The number of fused-ring (bicyclic) bond motifs is 1. The first kappa shape index (κ1) is 26.6. The molecule has 1 heterocycles. The molecule has 0 saturated carbocycles. The number of carbonyl (C=O) groups excluding carboxylic acids is 1. The van der Waals surface area contributed by atoms with Gasteiger partial charge in [0.05, 0.1) is 11.6 Å². The number of carboxylic acid groups (broad SMARTS) is 1. The Balaban J connectivity index is 1.53. The lowest BCUT2D eigenvalue weighted by Crippen LogP contribution is -2.45. The average Bonchev–Trinajstić information content (AvgIpc) is 3.24. The predicted molar refractivity (Wildman–Crippen MR) is 143 cm³/mol. The maximum atomic E-state index is 12.9. The summed E-state index contributed by atoms with van der Waals surface area (Å²) in [6.45, 7) is 5.02. The second-order valence-electron chi connectivity index (χ2n) is 9.00. The highest BCUT2D eigenvalue weighted by Gasteiger charge is 2.30. The van der Waals surface area contributed by atoms with Crippen molar-refractivity contribution in [3.8, 4) is 17.2 Å². The van der Waals surface area contributed by atoms with Gasteiger partial charge in [0.1, 0.15) is 11.6 Å². The number of hydrogen-bond acceptors (Lipinski definition) is 6. The summed E-state index contributed by atoms with van der Waals surface area (Å²) in [4.78, 5) is 24.6. The summed E-state index contributed by atoms with van der Waals surface area (Å²) in [6, 6.07) is 19.5. The number of hydrogen-bond donors (Lipinski definition) is 2. The molecule has 0 saturated heterocycles. The van der Waals surface area contributed by atoms with Crippen molar-refractivity contribution >= 4 is 45.5 Å². The maximum Gasteiger partial charge on any atom is 0.327 e. The van der Waals surface area contributed by atoms with Gasteiger partial charge in [-0.05, 0) is 60.4 Å². The Hall–Kier alpha value is -4.46. The van der Waals surface area contributed by atoms with Crippen molar-refractivity contribution in [1.29, 1.82) is 5.26 Å². The summed E-state index contributed by atoms with van der Waals surface area (Å²) < 4.78 is 30.3. The minimum atomic E-state index is -2.77. The average molecular weight is 531 g/mol. The van der Waals surface area contributed by atoms with Crippen LogP contribution >= 0.6 is 0 Å².